The average molecular weight is 192 g/mol. The van der Waals surface area contributed by atoms with Gasteiger partial charge in [0.05, 0.1) is 0 Å². The molecule has 0 radical (unpaired) electrons. The summed E-state index contributed by atoms with van der Waals surface area (Å²) in [5, 5.41) is 8.52. The molecular formula is C6H9F5O. The Morgan fingerprint density at radius 1 is 1.00 bits per heavy atom. The van der Waals surface area contributed by atoms with Gasteiger partial charge < -0.3 is 5.11 Å². The molecule has 12 heavy (non-hydrogen) atoms. The van der Waals surface area contributed by atoms with E-state index in [0.717, 1.165) is 13.8 Å². The molecule has 0 aliphatic heterocycles. The van der Waals surface area contributed by atoms with Crippen LogP contribution >= 0.6 is 0 Å². The van der Waals surface area contributed by atoms with Crippen molar-refractivity contribution in [2.45, 2.75) is 32.1 Å². The fourth-order valence-corrected chi connectivity index (χ4v) is 0.586. The Kier molecular flexibility index (Phi) is 3.06. The predicted octanol–water partition coefficient (Wildman–Crippen LogP) is 2.20. The highest BCUT2D eigenvalue weighted by Gasteiger charge is 2.62. The molecule has 0 aromatic heterocycles. The van der Waals surface area contributed by atoms with E-state index in [1.807, 2.05) is 0 Å². The molecule has 0 saturated carbocycles. The Balaban J connectivity index is 4.61. The molecule has 0 saturated heterocycles. The van der Waals surface area contributed by atoms with E-state index in [1.54, 1.807) is 0 Å². The lowest BCUT2D eigenvalue weighted by atomic mass is 10.0. The summed E-state index contributed by atoms with van der Waals surface area (Å²) >= 11 is 0. The van der Waals surface area contributed by atoms with Crippen molar-refractivity contribution in [3.63, 3.8) is 0 Å². The Morgan fingerprint density at radius 3 is 1.42 bits per heavy atom. The number of alkyl halides is 5. The van der Waals surface area contributed by atoms with Gasteiger partial charge >= 0.3 is 12.1 Å². The number of hydrogen-bond donors (Lipinski definition) is 1. The maximum Gasteiger partial charge on any atom is 0.456 e. The zero-order chi connectivity index (χ0) is 10.2. The minimum absolute atomic E-state index is 1.09. The first-order valence-corrected chi connectivity index (χ1v) is 3.23. The van der Waals surface area contributed by atoms with Gasteiger partial charge in [0.1, 0.15) is 6.10 Å². The van der Waals surface area contributed by atoms with Crippen molar-refractivity contribution in [1.82, 2.24) is 0 Å². The van der Waals surface area contributed by atoms with Crippen LogP contribution in [0.4, 0.5) is 22.0 Å². The summed E-state index contributed by atoms with van der Waals surface area (Å²) in [6, 6.07) is 0. The zero-order valence-corrected chi connectivity index (χ0v) is 6.49. The first kappa shape index (κ1) is 11.6. The highest BCUT2D eigenvalue weighted by molar-refractivity contribution is 4.85. The van der Waals surface area contributed by atoms with Crippen LogP contribution in [0.25, 0.3) is 0 Å². The fourth-order valence-electron chi connectivity index (χ4n) is 0.586. The van der Waals surface area contributed by atoms with Gasteiger partial charge in [0, 0.05) is 0 Å². The van der Waals surface area contributed by atoms with E-state index in [2.05, 4.69) is 0 Å². The number of aliphatic hydroxyl groups is 1. The van der Waals surface area contributed by atoms with Gasteiger partial charge in [0.25, 0.3) is 0 Å². The lowest BCUT2D eigenvalue weighted by Gasteiger charge is -2.26. The van der Waals surface area contributed by atoms with Crippen LogP contribution in [0.15, 0.2) is 0 Å². The molecular weight excluding hydrogens is 183 g/mol. The Labute approximate surface area is 66.2 Å². The van der Waals surface area contributed by atoms with Crippen LogP contribution < -0.4 is 0 Å². The van der Waals surface area contributed by atoms with Crippen molar-refractivity contribution >= 4 is 0 Å². The molecule has 1 atom stereocenters. The quantitative estimate of drug-likeness (QED) is 0.665. The lowest BCUT2D eigenvalue weighted by molar-refractivity contribution is -0.318. The minimum Gasteiger partial charge on any atom is -0.386 e. The van der Waals surface area contributed by atoms with Crippen LogP contribution in [0.3, 0.4) is 0 Å². The van der Waals surface area contributed by atoms with E-state index in [0.29, 0.717) is 0 Å². The molecule has 0 aliphatic rings. The number of hydrogen-bond acceptors (Lipinski definition) is 1. The average Bonchev–Trinajstić information content (AvgIpc) is 1.83. The van der Waals surface area contributed by atoms with Gasteiger partial charge in [0.15, 0.2) is 0 Å². The summed E-state index contributed by atoms with van der Waals surface area (Å²) in [5.74, 6) is -6.16. The molecule has 0 rings (SSSR count). The SMILES string of the molecule is CC(C)C(O)C(F)(F)C(F)(F)F. The van der Waals surface area contributed by atoms with Crippen LogP contribution in [0.1, 0.15) is 13.8 Å². The molecule has 0 aliphatic carbocycles. The highest BCUT2D eigenvalue weighted by Crippen LogP contribution is 2.40. The first-order chi connectivity index (χ1) is 5.10. The second-order valence-electron chi connectivity index (χ2n) is 2.81. The van der Waals surface area contributed by atoms with Crippen LogP contribution in [-0.4, -0.2) is 23.3 Å². The van der Waals surface area contributed by atoms with E-state index >= 15 is 0 Å². The van der Waals surface area contributed by atoms with E-state index in [-0.39, 0.29) is 0 Å². The van der Waals surface area contributed by atoms with Gasteiger partial charge in [0.2, 0.25) is 0 Å². The van der Waals surface area contributed by atoms with Gasteiger partial charge in [-0.3, -0.25) is 0 Å². The van der Waals surface area contributed by atoms with Crippen LogP contribution in [0.5, 0.6) is 0 Å². The summed E-state index contributed by atoms with van der Waals surface area (Å²) < 4.78 is 59.0. The predicted molar refractivity (Wildman–Crippen MR) is 31.8 cm³/mol. The summed E-state index contributed by atoms with van der Waals surface area (Å²) in [6.45, 7) is 2.18. The third-order valence-electron chi connectivity index (χ3n) is 1.38. The largest absolute Gasteiger partial charge is 0.456 e. The molecule has 0 heterocycles. The third kappa shape index (κ3) is 2.06. The molecule has 74 valence electrons. The molecule has 0 fully saturated rings. The molecule has 0 bridgehead atoms. The second kappa shape index (κ2) is 3.16. The molecule has 1 N–H and O–H groups in total. The molecule has 1 nitrogen and oxygen atoms in total. The molecule has 0 spiro atoms. The smallest absolute Gasteiger partial charge is 0.386 e. The number of aliphatic hydroxyl groups excluding tert-OH is 1. The van der Waals surface area contributed by atoms with Crippen LogP contribution in [-0.2, 0) is 0 Å². The number of rotatable bonds is 2. The molecule has 0 amide bonds. The topological polar surface area (TPSA) is 20.2 Å². The van der Waals surface area contributed by atoms with Crippen molar-refractivity contribution in [3.8, 4) is 0 Å². The Bertz CT molecular complexity index is 151. The molecule has 0 aromatic carbocycles. The van der Waals surface area contributed by atoms with Crippen molar-refractivity contribution in [3.05, 3.63) is 0 Å². The lowest BCUT2D eigenvalue weighted by Crippen LogP contribution is -2.49. The first-order valence-electron chi connectivity index (χ1n) is 3.23. The monoisotopic (exact) mass is 192 g/mol. The van der Waals surface area contributed by atoms with Gasteiger partial charge in [-0.1, -0.05) is 13.8 Å². The van der Waals surface area contributed by atoms with Gasteiger partial charge in [-0.15, -0.1) is 0 Å². The maximum atomic E-state index is 12.2. The summed E-state index contributed by atoms with van der Waals surface area (Å²) in [4.78, 5) is 0. The third-order valence-corrected chi connectivity index (χ3v) is 1.38. The van der Waals surface area contributed by atoms with Crippen molar-refractivity contribution in [1.29, 1.82) is 0 Å². The molecule has 1 unspecified atom stereocenters. The van der Waals surface area contributed by atoms with Crippen LogP contribution in [0.2, 0.25) is 0 Å². The van der Waals surface area contributed by atoms with Crippen molar-refractivity contribution in [2.75, 3.05) is 0 Å². The number of halogens is 5. The van der Waals surface area contributed by atoms with Gasteiger partial charge in [-0.2, -0.15) is 22.0 Å². The summed E-state index contributed by atoms with van der Waals surface area (Å²) in [7, 11) is 0. The van der Waals surface area contributed by atoms with Gasteiger partial charge in [-0.05, 0) is 5.92 Å². The van der Waals surface area contributed by atoms with Gasteiger partial charge in [-0.25, -0.2) is 0 Å². The van der Waals surface area contributed by atoms with Crippen molar-refractivity contribution in [2.24, 2.45) is 5.92 Å². The van der Waals surface area contributed by atoms with E-state index in [9.17, 15) is 22.0 Å². The maximum absolute atomic E-state index is 12.2. The highest BCUT2D eigenvalue weighted by atomic mass is 19.4. The van der Waals surface area contributed by atoms with Crippen LogP contribution in [0, 0.1) is 5.92 Å². The Hall–Kier alpha value is -0.390. The normalized spacial score (nSPS) is 16.8. The zero-order valence-electron chi connectivity index (χ0n) is 6.49. The summed E-state index contributed by atoms with van der Waals surface area (Å²) in [5.41, 5.74) is 0. The summed E-state index contributed by atoms with van der Waals surface area (Å²) in [6.07, 6.45) is -8.37. The van der Waals surface area contributed by atoms with Crippen molar-refractivity contribution < 1.29 is 27.1 Å². The molecule has 6 heteroatoms. The standard InChI is InChI=1S/C6H9F5O/c1-3(2)4(12)5(7,8)6(9,10)11/h3-4,12H,1-2H3. The Morgan fingerprint density at radius 2 is 1.33 bits per heavy atom. The van der Waals surface area contributed by atoms with E-state index in [4.69, 9.17) is 5.11 Å². The molecule has 0 aromatic rings. The minimum atomic E-state index is -5.68. The second-order valence-corrected chi connectivity index (χ2v) is 2.81. The van der Waals surface area contributed by atoms with E-state index in [1.165, 1.54) is 0 Å². The van der Waals surface area contributed by atoms with E-state index < -0.39 is 24.1 Å². The fraction of sp³-hybridized carbons (Fsp3) is 1.00.